The molecule has 42 heavy (non-hydrogen) atoms. The molecule has 2 saturated carbocycles. The summed E-state index contributed by atoms with van der Waals surface area (Å²) in [6.07, 6.45) is 6.29. The Bertz CT molecular complexity index is 749. The molecule has 3 aliphatic rings. The van der Waals surface area contributed by atoms with E-state index < -0.39 is 11.1 Å². The monoisotopic (exact) mass is 598 g/mol. The summed E-state index contributed by atoms with van der Waals surface area (Å²) in [5.41, 5.74) is 4.36. The first-order valence-electron chi connectivity index (χ1n) is 16.1. The second-order valence-electron chi connectivity index (χ2n) is 11.9. The fourth-order valence-electron chi connectivity index (χ4n) is 6.31. The van der Waals surface area contributed by atoms with Crippen molar-refractivity contribution in [3.63, 3.8) is 0 Å². The van der Waals surface area contributed by atoms with Gasteiger partial charge in [0.1, 0.15) is 12.1 Å². The van der Waals surface area contributed by atoms with E-state index in [9.17, 15) is 9.59 Å². The van der Waals surface area contributed by atoms with E-state index in [1.807, 2.05) is 53.4 Å². The first-order valence-corrected chi connectivity index (χ1v) is 16.1. The number of nitriles is 1. The van der Waals surface area contributed by atoms with Crippen molar-refractivity contribution in [2.75, 3.05) is 59.2 Å². The molecule has 246 valence electrons. The standard InChI is InChI=1S/C27H49N3O6.2C2H6.CHN/c1-21-15-22-16-23(35-14-13-34-12-11-33-10-7-28)19-27(17-21,18-22)30(25(32)36-26(2,3)4)20-24(31)29-8-5-6-9-29;3*1-2/h21-23H,5-20,28H2,1-4H3;2*1-2H3;1H. The summed E-state index contributed by atoms with van der Waals surface area (Å²) in [5.74, 6) is 0.967. The summed E-state index contributed by atoms with van der Waals surface area (Å²) in [4.78, 5) is 30.5. The Kier molecular flexibility index (Phi) is 20.7. The van der Waals surface area contributed by atoms with Gasteiger partial charge in [-0.2, -0.15) is 0 Å². The van der Waals surface area contributed by atoms with E-state index in [1.165, 1.54) is 0 Å². The smallest absolute Gasteiger partial charge is 0.411 e. The summed E-state index contributed by atoms with van der Waals surface area (Å²) in [6, 6.07) is 0. The van der Waals surface area contributed by atoms with Gasteiger partial charge in [-0.1, -0.05) is 34.6 Å². The quantitative estimate of drug-likeness (QED) is 0.297. The minimum Gasteiger partial charge on any atom is -0.444 e. The van der Waals surface area contributed by atoms with Gasteiger partial charge in [-0.25, -0.2) is 10.1 Å². The lowest BCUT2D eigenvalue weighted by Crippen LogP contribution is -2.62. The number of rotatable bonds is 12. The van der Waals surface area contributed by atoms with Gasteiger partial charge >= 0.3 is 6.09 Å². The van der Waals surface area contributed by atoms with Crippen LogP contribution in [-0.2, 0) is 23.7 Å². The molecular formula is C32H62N4O6. The van der Waals surface area contributed by atoms with E-state index in [0.29, 0.717) is 51.4 Å². The molecule has 10 nitrogen and oxygen atoms in total. The third kappa shape index (κ3) is 14.0. The first-order chi connectivity index (χ1) is 20.1. The molecule has 1 saturated heterocycles. The van der Waals surface area contributed by atoms with Crippen LogP contribution in [0, 0.1) is 23.7 Å². The zero-order valence-corrected chi connectivity index (χ0v) is 28.0. The highest BCUT2D eigenvalue weighted by molar-refractivity contribution is 5.83. The lowest BCUT2D eigenvalue weighted by atomic mass is 9.62. The molecule has 0 radical (unpaired) electrons. The number of ether oxygens (including phenoxy) is 4. The Morgan fingerprint density at radius 2 is 1.50 bits per heavy atom. The molecule has 0 spiro atoms. The minimum absolute atomic E-state index is 0.0239. The molecule has 3 rings (SSSR count). The van der Waals surface area contributed by atoms with Crippen molar-refractivity contribution in [3.8, 4) is 6.57 Å². The zero-order chi connectivity index (χ0) is 32.2. The topological polar surface area (TPSA) is 127 Å². The lowest BCUT2D eigenvalue weighted by molar-refractivity contribution is -0.138. The molecular weight excluding hydrogens is 536 g/mol. The largest absolute Gasteiger partial charge is 0.444 e. The summed E-state index contributed by atoms with van der Waals surface area (Å²) < 4.78 is 23.1. The Morgan fingerprint density at radius 1 is 0.929 bits per heavy atom. The van der Waals surface area contributed by atoms with Crippen LogP contribution in [0.15, 0.2) is 0 Å². The van der Waals surface area contributed by atoms with Gasteiger partial charge < -0.3 is 29.6 Å². The fraction of sp³-hybridized carbons (Fsp3) is 0.906. The number of fused-ring (bicyclic) bond motifs is 2. The predicted octanol–water partition coefficient (Wildman–Crippen LogP) is 5.38. The molecule has 1 heterocycles. The fourth-order valence-corrected chi connectivity index (χ4v) is 6.31. The van der Waals surface area contributed by atoms with Crippen LogP contribution >= 0.6 is 0 Å². The molecule has 1 aliphatic heterocycles. The number of carbonyl (C=O) groups excluding carboxylic acids is 2. The highest BCUT2D eigenvalue weighted by atomic mass is 16.6. The van der Waals surface area contributed by atoms with Crippen molar-refractivity contribution in [1.29, 1.82) is 5.26 Å². The normalized spacial score (nSPS) is 24.5. The lowest BCUT2D eigenvalue weighted by Gasteiger charge is -2.55. The maximum Gasteiger partial charge on any atom is 0.411 e. The molecule has 10 heteroatoms. The van der Waals surface area contributed by atoms with Crippen molar-refractivity contribution < 1.29 is 28.5 Å². The number of hydrogen-bond donors (Lipinski definition) is 1. The van der Waals surface area contributed by atoms with Gasteiger partial charge in [0.2, 0.25) is 5.91 Å². The third-order valence-electron chi connectivity index (χ3n) is 7.49. The van der Waals surface area contributed by atoms with Crippen molar-refractivity contribution in [1.82, 2.24) is 9.80 Å². The predicted molar refractivity (Wildman–Crippen MR) is 167 cm³/mol. The average Bonchev–Trinajstić information content (AvgIpc) is 3.50. The van der Waals surface area contributed by atoms with Crippen LogP contribution in [-0.4, -0.2) is 98.3 Å². The molecule has 4 unspecified atom stereocenters. The molecule has 2 amide bonds. The molecule has 2 N–H and O–H groups in total. The number of nitrogens with two attached hydrogens (primary N) is 1. The van der Waals surface area contributed by atoms with E-state index in [1.54, 1.807) is 4.90 Å². The molecule has 3 fully saturated rings. The van der Waals surface area contributed by atoms with Crippen LogP contribution in [0.3, 0.4) is 0 Å². The van der Waals surface area contributed by atoms with E-state index in [2.05, 4.69) is 13.5 Å². The van der Waals surface area contributed by atoms with Gasteiger partial charge in [0.05, 0.1) is 39.1 Å². The number of nitrogens with zero attached hydrogens (tertiary/aromatic N) is 3. The van der Waals surface area contributed by atoms with Crippen molar-refractivity contribution in [2.24, 2.45) is 17.6 Å². The molecule has 4 atom stereocenters. The van der Waals surface area contributed by atoms with Crippen LogP contribution in [0.25, 0.3) is 0 Å². The van der Waals surface area contributed by atoms with Gasteiger partial charge in [-0.05, 0) is 77.6 Å². The first kappa shape index (κ1) is 40.1. The SMILES string of the molecule is C#N.CC.CC.CC1CC2CC(OCCOCCOCCN)CC(N(CC(=O)N3CCCC3)C(=O)OC(C)(C)C)(C1)C2. The average molecular weight is 599 g/mol. The maximum atomic E-state index is 13.6. The van der Waals surface area contributed by atoms with E-state index in [4.69, 9.17) is 29.9 Å². The van der Waals surface area contributed by atoms with Crippen LogP contribution < -0.4 is 5.73 Å². The maximum absolute atomic E-state index is 13.6. The van der Waals surface area contributed by atoms with E-state index >= 15 is 0 Å². The molecule has 0 aromatic carbocycles. The second kappa shape index (κ2) is 21.7. The van der Waals surface area contributed by atoms with Gasteiger partial charge in [-0.15, -0.1) is 0 Å². The Morgan fingerprint density at radius 3 is 2.07 bits per heavy atom. The van der Waals surface area contributed by atoms with Crippen molar-refractivity contribution >= 4 is 12.0 Å². The Labute approximate surface area is 256 Å². The van der Waals surface area contributed by atoms with E-state index in [0.717, 1.165) is 58.0 Å². The van der Waals surface area contributed by atoms with Crippen LogP contribution in [0.2, 0.25) is 0 Å². The highest BCUT2D eigenvalue weighted by Crippen LogP contribution is 2.49. The van der Waals surface area contributed by atoms with Crippen molar-refractivity contribution in [2.45, 2.75) is 118 Å². The zero-order valence-electron chi connectivity index (χ0n) is 28.0. The summed E-state index contributed by atoms with van der Waals surface area (Å²) in [5, 5.41) is 6.50. The Balaban J connectivity index is 0.00000263. The van der Waals surface area contributed by atoms with Gasteiger partial charge in [0.25, 0.3) is 0 Å². The highest BCUT2D eigenvalue weighted by Gasteiger charge is 2.52. The molecule has 2 bridgehead atoms. The third-order valence-corrected chi connectivity index (χ3v) is 7.49. The van der Waals surface area contributed by atoms with Crippen molar-refractivity contribution in [3.05, 3.63) is 0 Å². The van der Waals surface area contributed by atoms with Gasteiger partial charge in [0, 0.05) is 31.7 Å². The van der Waals surface area contributed by atoms with Crippen LogP contribution in [0.4, 0.5) is 4.79 Å². The van der Waals surface area contributed by atoms with Crippen LogP contribution in [0.1, 0.15) is 100 Å². The second-order valence-corrected chi connectivity index (χ2v) is 11.9. The molecule has 0 aromatic heterocycles. The summed E-state index contributed by atoms with van der Waals surface area (Å²) in [6.45, 7) is 24.1. The van der Waals surface area contributed by atoms with E-state index in [-0.39, 0.29) is 24.6 Å². The summed E-state index contributed by atoms with van der Waals surface area (Å²) >= 11 is 0. The molecule has 2 aliphatic carbocycles. The summed E-state index contributed by atoms with van der Waals surface area (Å²) in [7, 11) is 0. The minimum atomic E-state index is -0.627. The van der Waals surface area contributed by atoms with Gasteiger partial charge in [-0.3, -0.25) is 9.69 Å². The van der Waals surface area contributed by atoms with Crippen LogP contribution in [0.5, 0.6) is 0 Å². The number of hydrogen-bond acceptors (Lipinski definition) is 8. The number of carbonyl (C=O) groups is 2. The van der Waals surface area contributed by atoms with Gasteiger partial charge in [0.15, 0.2) is 0 Å². The number of amides is 2. The Hall–Kier alpha value is -1.93. The number of likely N-dealkylation sites (tertiary alicyclic amines) is 1. The molecule has 0 aromatic rings.